The van der Waals surface area contributed by atoms with Gasteiger partial charge in [-0.2, -0.15) is 0 Å². The fraction of sp³-hybridized carbons (Fsp3) is 0.412. The van der Waals surface area contributed by atoms with Gasteiger partial charge in [0.15, 0.2) is 11.5 Å². The van der Waals surface area contributed by atoms with Gasteiger partial charge in [0.25, 0.3) is 0 Å². The molecule has 0 unspecified atom stereocenters. The molecule has 0 bridgehead atoms. The maximum absolute atomic E-state index is 5.79. The number of methoxy groups -OCH3 is 1. The molecule has 0 heterocycles. The molecular formula is C17H21BrO3. The molecule has 3 nitrogen and oxygen atoms in total. The van der Waals surface area contributed by atoms with Crippen molar-refractivity contribution in [2.75, 3.05) is 25.7 Å². The molecule has 0 amide bonds. The Morgan fingerprint density at radius 1 is 1.05 bits per heavy atom. The predicted molar refractivity (Wildman–Crippen MR) is 90.2 cm³/mol. The van der Waals surface area contributed by atoms with Crippen molar-refractivity contribution in [3.8, 4) is 17.2 Å². The maximum atomic E-state index is 5.79. The monoisotopic (exact) mass is 352 g/mol. The third-order valence-electron chi connectivity index (χ3n) is 3.12. The molecule has 0 aromatic heterocycles. The Morgan fingerprint density at radius 2 is 1.90 bits per heavy atom. The number of alkyl halides is 1. The van der Waals surface area contributed by atoms with Crippen LogP contribution in [-0.2, 0) is 0 Å². The minimum atomic E-state index is 0.671. The number of ether oxygens (including phenoxy) is 3. The molecule has 0 spiro atoms. The van der Waals surface area contributed by atoms with Crippen molar-refractivity contribution < 1.29 is 14.2 Å². The summed E-state index contributed by atoms with van der Waals surface area (Å²) < 4.78 is 17.0. The van der Waals surface area contributed by atoms with E-state index in [-0.39, 0.29) is 0 Å². The van der Waals surface area contributed by atoms with E-state index < -0.39 is 0 Å². The normalized spacial score (nSPS) is 10.6. The molecule has 0 aliphatic carbocycles. The zero-order valence-electron chi connectivity index (χ0n) is 12.5. The molecule has 114 valence electrons. The Balaban J connectivity index is 2.29. The number of hydrogen-bond donors (Lipinski definition) is 0. The van der Waals surface area contributed by atoms with Crippen LogP contribution < -0.4 is 14.2 Å². The first-order valence-corrected chi connectivity index (χ1v) is 8.34. The molecule has 21 heavy (non-hydrogen) atoms. The largest absolute Gasteiger partial charge is 0.494 e. The van der Waals surface area contributed by atoms with Crippen molar-refractivity contribution in [3.63, 3.8) is 0 Å². The van der Waals surface area contributed by atoms with Crippen molar-refractivity contribution in [2.45, 2.75) is 19.8 Å². The molecule has 0 fully saturated rings. The summed E-state index contributed by atoms with van der Waals surface area (Å²) in [6, 6.07) is 10.0. The van der Waals surface area contributed by atoms with Crippen LogP contribution in [0.5, 0.6) is 17.2 Å². The van der Waals surface area contributed by atoms with E-state index in [1.54, 1.807) is 7.11 Å². The van der Waals surface area contributed by atoms with Crippen LogP contribution in [0.2, 0.25) is 0 Å². The first kappa shape index (κ1) is 16.0. The maximum Gasteiger partial charge on any atom is 0.168 e. The minimum Gasteiger partial charge on any atom is -0.494 e. The zero-order valence-corrected chi connectivity index (χ0v) is 14.1. The molecule has 0 aliphatic rings. The molecule has 4 heteroatoms. The highest BCUT2D eigenvalue weighted by molar-refractivity contribution is 9.09. The van der Waals surface area contributed by atoms with E-state index in [1.165, 1.54) is 0 Å². The average molecular weight is 353 g/mol. The Hall–Kier alpha value is -1.42. The van der Waals surface area contributed by atoms with Gasteiger partial charge in [-0.05, 0) is 42.5 Å². The van der Waals surface area contributed by atoms with Crippen LogP contribution in [0.3, 0.4) is 0 Å². The van der Waals surface area contributed by atoms with Gasteiger partial charge in [-0.1, -0.05) is 28.9 Å². The van der Waals surface area contributed by atoms with Gasteiger partial charge in [0, 0.05) is 10.7 Å². The van der Waals surface area contributed by atoms with Crippen LogP contribution in [0.4, 0.5) is 0 Å². The molecule has 0 saturated carbocycles. The number of halogens is 1. The molecule has 2 aromatic carbocycles. The zero-order chi connectivity index (χ0) is 15.1. The fourth-order valence-corrected chi connectivity index (χ4v) is 2.36. The highest BCUT2D eigenvalue weighted by Gasteiger charge is 2.10. The summed E-state index contributed by atoms with van der Waals surface area (Å²) in [5, 5.41) is 3.06. The van der Waals surface area contributed by atoms with Gasteiger partial charge in [-0.15, -0.1) is 0 Å². The molecule has 0 atom stereocenters. The predicted octanol–water partition coefficient (Wildman–Crippen LogP) is 4.80. The Morgan fingerprint density at radius 3 is 2.62 bits per heavy atom. The fourth-order valence-electron chi connectivity index (χ4n) is 2.13. The lowest BCUT2D eigenvalue weighted by Gasteiger charge is -2.13. The van der Waals surface area contributed by atoms with Crippen molar-refractivity contribution in [1.82, 2.24) is 0 Å². The van der Waals surface area contributed by atoms with E-state index in [0.29, 0.717) is 6.61 Å². The first-order valence-electron chi connectivity index (χ1n) is 7.22. The van der Waals surface area contributed by atoms with Crippen LogP contribution in [0.15, 0.2) is 30.3 Å². The molecular weight excluding hydrogens is 332 g/mol. The lowest BCUT2D eigenvalue weighted by atomic mass is 10.1. The van der Waals surface area contributed by atoms with Crippen molar-refractivity contribution >= 4 is 26.7 Å². The minimum absolute atomic E-state index is 0.671. The number of hydrogen-bond acceptors (Lipinski definition) is 3. The summed E-state index contributed by atoms with van der Waals surface area (Å²) in [6.07, 6.45) is 1.96. The number of rotatable bonds is 8. The first-order chi connectivity index (χ1) is 10.3. The van der Waals surface area contributed by atoms with Crippen molar-refractivity contribution in [1.29, 1.82) is 0 Å². The Bertz CT molecular complexity index is 584. The van der Waals surface area contributed by atoms with E-state index in [0.717, 1.165) is 52.8 Å². The summed E-state index contributed by atoms with van der Waals surface area (Å²) in [6.45, 7) is 3.50. The number of benzene rings is 2. The molecule has 0 aliphatic heterocycles. The molecule has 2 rings (SSSR count). The van der Waals surface area contributed by atoms with E-state index in [9.17, 15) is 0 Å². The van der Waals surface area contributed by atoms with Crippen molar-refractivity contribution in [2.24, 2.45) is 0 Å². The third-order valence-corrected chi connectivity index (χ3v) is 3.68. The molecule has 0 radical (unpaired) electrons. The lowest BCUT2D eigenvalue weighted by Crippen LogP contribution is -2.00. The summed E-state index contributed by atoms with van der Waals surface area (Å²) in [7, 11) is 1.67. The highest BCUT2D eigenvalue weighted by atomic mass is 79.9. The molecule has 0 saturated heterocycles. The van der Waals surface area contributed by atoms with E-state index in [1.807, 2.05) is 30.3 Å². The van der Waals surface area contributed by atoms with E-state index >= 15 is 0 Å². The van der Waals surface area contributed by atoms with Gasteiger partial charge in [-0.3, -0.25) is 0 Å². The summed E-state index contributed by atoms with van der Waals surface area (Å²) >= 11 is 3.40. The standard InChI is InChI=1S/C17H21BrO3/c1-3-10-20-14-6-7-15-13(12-14)5-8-16(17(15)19-2)21-11-4-9-18/h5-8,12H,3-4,9-11H2,1-2H3. The van der Waals surface area contributed by atoms with Crippen molar-refractivity contribution in [3.05, 3.63) is 30.3 Å². The molecule has 2 aromatic rings. The summed E-state index contributed by atoms with van der Waals surface area (Å²) in [5.41, 5.74) is 0. The van der Waals surface area contributed by atoms with Gasteiger partial charge in [0.05, 0.1) is 20.3 Å². The van der Waals surface area contributed by atoms with Crippen LogP contribution >= 0.6 is 15.9 Å². The summed E-state index contributed by atoms with van der Waals surface area (Å²) in [4.78, 5) is 0. The second kappa shape index (κ2) is 8.13. The third kappa shape index (κ3) is 4.03. The van der Waals surface area contributed by atoms with Gasteiger partial charge in [0.2, 0.25) is 0 Å². The quantitative estimate of drug-likeness (QED) is 0.504. The van der Waals surface area contributed by atoms with Crippen LogP contribution in [0.25, 0.3) is 10.8 Å². The van der Waals surface area contributed by atoms with Crippen LogP contribution in [0.1, 0.15) is 19.8 Å². The van der Waals surface area contributed by atoms with Crippen LogP contribution in [-0.4, -0.2) is 25.7 Å². The summed E-state index contributed by atoms with van der Waals surface area (Å²) in [5.74, 6) is 2.46. The Labute approximate surface area is 134 Å². The second-order valence-corrected chi connectivity index (χ2v) is 5.51. The van der Waals surface area contributed by atoms with Gasteiger partial charge < -0.3 is 14.2 Å². The van der Waals surface area contributed by atoms with Crippen LogP contribution in [0, 0.1) is 0 Å². The topological polar surface area (TPSA) is 27.7 Å². The second-order valence-electron chi connectivity index (χ2n) is 4.72. The molecule has 0 N–H and O–H groups in total. The van der Waals surface area contributed by atoms with E-state index in [2.05, 4.69) is 22.9 Å². The van der Waals surface area contributed by atoms with Gasteiger partial charge in [0.1, 0.15) is 5.75 Å². The number of fused-ring (bicyclic) bond motifs is 1. The average Bonchev–Trinajstić information content (AvgIpc) is 2.52. The Kier molecular flexibility index (Phi) is 6.18. The smallest absolute Gasteiger partial charge is 0.168 e. The highest BCUT2D eigenvalue weighted by Crippen LogP contribution is 2.37. The van der Waals surface area contributed by atoms with Gasteiger partial charge >= 0.3 is 0 Å². The van der Waals surface area contributed by atoms with E-state index in [4.69, 9.17) is 14.2 Å². The lowest BCUT2D eigenvalue weighted by molar-refractivity contribution is 0.297. The SMILES string of the molecule is CCCOc1ccc2c(OC)c(OCCCBr)ccc2c1. The van der Waals surface area contributed by atoms with Gasteiger partial charge in [-0.25, -0.2) is 0 Å².